The van der Waals surface area contributed by atoms with Crippen LogP contribution >= 0.6 is 11.3 Å². The van der Waals surface area contributed by atoms with Crippen LogP contribution in [0.25, 0.3) is 0 Å². The standard InChI is InChI=1S/C14H13FN2O3S/c1-8-5-11(21-9(8)2)7-16-14(18)12-6-10(17(19)20)3-4-13(12)15/h3-6H,7H2,1-2H3,(H,16,18). The lowest BCUT2D eigenvalue weighted by Crippen LogP contribution is -2.23. The molecule has 0 atom stereocenters. The van der Waals surface area contributed by atoms with E-state index in [1.165, 1.54) is 0 Å². The highest BCUT2D eigenvalue weighted by molar-refractivity contribution is 7.12. The second-order valence-corrected chi connectivity index (χ2v) is 5.90. The third-order valence-corrected chi connectivity index (χ3v) is 4.20. The number of nitrogens with zero attached hydrogens (tertiary/aromatic N) is 1. The molecule has 110 valence electrons. The first-order valence-electron chi connectivity index (χ1n) is 6.16. The zero-order valence-electron chi connectivity index (χ0n) is 11.5. The molecular formula is C14H13FN2O3S. The number of carbonyl (C=O) groups is 1. The molecule has 0 saturated carbocycles. The molecule has 1 heterocycles. The van der Waals surface area contributed by atoms with Gasteiger partial charge in [-0.15, -0.1) is 11.3 Å². The number of hydrogen-bond acceptors (Lipinski definition) is 4. The Kier molecular flexibility index (Phi) is 4.32. The molecule has 1 aromatic heterocycles. The van der Waals surface area contributed by atoms with Gasteiger partial charge in [-0.25, -0.2) is 4.39 Å². The Morgan fingerprint density at radius 2 is 2.10 bits per heavy atom. The third-order valence-electron chi connectivity index (χ3n) is 3.05. The average Bonchev–Trinajstić information content (AvgIpc) is 2.75. The minimum atomic E-state index is -0.781. The summed E-state index contributed by atoms with van der Waals surface area (Å²) in [6.07, 6.45) is 0. The van der Waals surface area contributed by atoms with E-state index in [2.05, 4.69) is 5.32 Å². The van der Waals surface area contributed by atoms with Gasteiger partial charge in [-0.3, -0.25) is 14.9 Å². The van der Waals surface area contributed by atoms with Crippen LogP contribution in [-0.4, -0.2) is 10.8 Å². The molecule has 0 aliphatic heterocycles. The van der Waals surface area contributed by atoms with Gasteiger partial charge in [0.2, 0.25) is 0 Å². The fraction of sp³-hybridized carbons (Fsp3) is 0.214. The lowest BCUT2D eigenvalue weighted by molar-refractivity contribution is -0.384. The van der Waals surface area contributed by atoms with Crippen LogP contribution in [-0.2, 0) is 6.54 Å². The van der Waals surface area contributed by atoms with E-state index in [0.717, 1.165) is 33.5 Å². The van der Waals surface area contributed by atoms with E-state index in [1.807, 2.05) is 19.9 Å². The highest BCUT2D eigenvalue weighted by atomic mass is 32.1. The van der Waals surface area contributed by atoms with Crippen molar-refractivity contribution in [2.24, 2.45) is 0 Å². The smallest absolute Gasteiger partial charge is 0.270 e. The second kappa shape index (κ2) is 6.01. The Balaban J connectivity index is 2.13. The molecule has 5 nitrogen and oxygen atoms in total. The van der Waals surface area contributed by atoms with Gasteiger partial charge in [0, 0.05) is 21.9 Å². The molecule has 1 aromatic carbocycles. The average molecular weight is 308 g/mol. The molecular weight excluding hydrogens is 295 g/mol. The first kappa shape index (κ1) is 15.1. The number of nitrogens with one attached hydrogen (secondary N) is 1. The fourth-order valence-corrected chi connectivity index (χ4v) is 2.79. The van der Waals surface area contributed by atoms with Gasteiger partial charge in [-0.1, -0.05) is 0 Å². The van der Waals surface area contributed by atoms with Crippen LogP contribution in [0.1, 0.15) is 25.7 Å². The molecule has 0 saturated heterocycles. The van der Waals surface area contributed by atoms with Gasteiger partial charge >= 0.3 is 0 Å². The Bertz CT molecular complexity index is 693. The summed E-state index contributed by atoms with van der Waals surface area (Å²) in [5, 5.41) is 13.2. The number of rotatable bonds is 4. The van der Waals surface area contributed by atoms with Crippen molar-refractivity contribution in [2.75, 3.05) is 0 Å². The second-order valence-electron chi connectivity index (χ2n) is 4.56. The topological polar surface area (TPSA) is 72.2 Å². The summed E-state index contributed by atoms with van der Waals surface area (Å²) in [5.74, 6) is -1.45. The number of non-ortho nitro benzene ring substituents is 1. The van der Waals surface area contributed by atoms with Gasteiger partial charge in [-0.2, -0.15) is 0 Å². The maximum absolute atomic E-state index is 13.6. The first-order chi connectivity index (χ1) is 9.88. The summed E-state index contributed by atoms with van der Waals surface area (Å²) >= 11 is 1.55. The number of amides is 1. The van der Waals surface area contributed by atoms with E-state index in [9.17, 15) is 19.3 Å². The van der Waals surface area contributed by atoms with Crippen LogP contribution in [0, 0.1) is 29.8 Å². The van der Waals surface area contributed by atoms with Crippen LogP contribution in [0.2, 0.25) is 0 Å². The highest BCUT2D eigenvalue weighted by Gasteiger charge is 2.17. The zero-order valence-corrected chi connectivity index (χ0v) is 12.3. The van der Waals surface area contributed by atoms with Crippen LogP contribution < -0.4 is 5.32 Å². The quantitative estimate of drug-likeness (QED) is 0.695. The summed E-state index contributed by atoms with van der Waals surface area (Å²) in [7, 11) is 0. The number of nitro groups is 1. The minimum absolute atomic E-state index is 0.264. The summed E-state index contributed by atoms with van der Waals surface area (Å²) in [5.41, 5.74) is 0.490. The lowest BCUT2D eigenvalue weighted by Gasteiger charge is -2.04. The van der Waals surface area contributed by atoms with Gasteiger partial charge in [0.1, 0.15) is 5.82 Å². The SMILES string of the molecule is Cc1cc(CNC(=O)c2cc([N+](=O)[O-])ccc2F)sc1C. The van der Waals surface area contributed by atoms with Crippen molar-refractivity contribution >= 4 is 22.9 Å². The van der Waals surface area contributed by atoms with E-state index < -0.39 is 16.6 Å². The Labute approximate surface area is 124 Å². The molecule has 0 radical (unpaired) electrons. The number of carbonyl (C=O) groups excluding carboxylic acids is 1. The van der Waals surface area contributed by atoms with Crippen molar-refractivity contribution in [1.82, 2.24) is 5.32 Å². The molecule has 0 spiro atoms. The summed E-state index contributed by atoms with van der Waals surface area (Å²) < 4.78 is 13.6. The van der Waals surface area contributed by atoms with Crippen molar-refractivity contribution in [3.05, 3.63) is 61.1 Å². The van der Waals surface area contributed by atoms with Crippen LogP contribution in [0.3, 0.4) is 0 Å². The molecule has 0 fully saturated rings. The van der Waals surface area contributed by atoms with Gasteiger partial charge < -0.3 is 5.32 Å². The van der Waals surface area contributed by atoms with Crippen molar-refractivity contribution in [3.63, 3.8) is 0 Å². The first-order valence-corrected chi connectivity index (χ1v) is 6.98. The Morgan fingerprint density at radius 3 is 2.67 bits per heavy atom. The maximum atomic E-state index is 13.6. The molecule has 0 aliphatic carbocycles. The minimum Gasteiger partial charge on any atom is -0.347 e. The zero-order chi connectivity index (χ0) is 15.6. The van der Waals surface area contributed by atoms with Gasteiger partial charge in [0.15, 0.2) is 0 Å². The Hall–Kier alpha value is -2.28. The molecule has 2 aromatic rings. The number of benzene rings is 1. The van der Waals surface area contributed by atoms with Crippen LogP contribution in [0.4, 0.5) is 10.1 Å². The fourth-order valence-electron chi connectivity index (χ4n) is 1.80. The molecule has 0 aliphatic rings. The molecule has 0 unspecified atom stereocenters. The monoisotopic (exact) mass is 308 g/mol. The molecule has 1 amide bonds. The molecule has 21 heavy (non-hydrogen) atoms. The van der Waals surface area contributed by atoms with Crippen LogP contribution in [0.15, 0.2) is 24.3 Å². The van der Waals surface area contributed by atoms with E-state index in [1.54, 1.807) is 11.3 Å². The Morgan fingerprint density at radius 1 is 1.38 bits per heavy atom. The van der Waals surface area contributed by atoms with Gasteiger partial charge in [-0.05, 0) is 31.5 Å². The summed E-state index contributed by atoms with van der Waals surface area (Å²) in [6, 6.07) is 4.84. The summed E-state index contributed by atoms with van der Waals surface area (Å²) in [6.45, 7) is 4.21. The predicted octanol–water partition coefficient (Wildman–Crippen LogP) is 3.34. The largest absolute Gasteiger partial charge is 0.347 e. The normalized spacial score (nSPS) is 10.4. The molecule has 7 heteroatoms. The van der Waals surface area contributed by atoms with Gasteiger partial charge in [0.05, 0.1) is 17.0 Å². The number of hydrogen-bond donors (Lipinski definition) is 1. The van der Waals surface area contributed by atoms with Crippen molar-refractivity contribution in [1.29, 1.82) is 0 Å². The maximum Gasteiger partial charge on any atom is 0.270 e. The number of halogens is 1. The number of nitro benzene ring substituents is 1. The number of thiophene rings is 1. The van der Waals surface area contributed by atoms with Gasteiger partial charge in [0.25, 0.3) is 11.6 Å². The van der Waals surface area contributed by atoms with Crippen molar-refractivity contribution in [3.8, 4) is 0 Å². The van der Waals surface area contributed by atoms with E-state index in [4.69, 9.17) is 0 Å². The third kappa shape index (κ3) is 3.43. The molecule has 1 N–H and O–H groups in total. The van der Waals surface area contributed by atoms with E-state index >= 15 is 0 Å². The molecule has 0 bridgehead atoms. The predicted molar refractivity (Wildman–Crippen MR) is 78.0 cm³/mol. The summed E-state index contributed by atoms with van der Waals surface area (Å²) in [4.78, 5) is 24.0. The molecule has 2 rings (SSSR count). The lowest BCUT2D eigenvalue weighted by atomic mass is 10.1. The number of aryl methyl sites for hydroxylation is 2. The van der Waals surface area contributed by atoms with Crippen LogP contribution in [0.5, 0.6) is 0 Å². The van der Waals surface area contributed by atoms with Crippen molar-refractivity contribution < 1.29 is 14.1 Å². The van der Waals surface area contributed by atoms with Crippen molar-refractivity contribution in [2.45, 2.75) is 20.4 Å². The highest BCUT2D eigenvalue weighted by Crippen LogP contribution is 2.21. The van der Waals surface area contributed by atoms with E-state index in [0.29, 0.717) is 0 Å². The van der Waals surface area contributed by atoms with E-state index in [-0.39, 0.29) is 17.8 Å².